The number of nitrogens with one attached hydrogen (secondary N) is 2. The van der Waals surface area contributed by atoms with Crippen LogP contribution in [0, 0.1) is 5.82 Å². The molecule has 8 heteroatoms. The van der Waals surface area contributed by atoms with Crippen molar-refractivity contribution in [2.45, 2.75) is 31.0 Å². The second-order valence-corrected chi connectivity index (χ2v) is 10.2. The van der Waals surface area contributed by atoms with Crippen LogP contribution in [-0.2, 0) is 16.1 Å². The lowest BCUT2D eigenvalue weighted by Crippen LogP contribution is -2.52. The smallest absolute Gasteiger partial charge is 0.266 e. The molecule has 0 fully saturated rings. The summed E-state index contributed by atoms with van der Waals surface area (Å²) in [5.41, 5.74) is 7.60. The van der Waals surface area contributed by atoms with E-state index < -0.39 is 11.6 Å². The maximum atomic E-state index is 14.1. The zero-order valence-electron chi connectivity index (χ0n) is 23.7. The van der Waals surface area contributed by atoms with E-state index in [1.807, 2.05) is 97.1 Å². The molecule has 4 aromatic carbocycles. The Morgan fingerprint density at radius 2 is 1.72 bits per heavy atom. The number of carbonyl (C=O) groups is 1. The van der Waals surface area contributed by atoms with Gasteiger partial charge in [0.05, 0.1) is 6.61 Å². The van der Waals surface area contributed by atoms with Gasteiger partial charge in [-0.05, 0) is 53.1 Å². The molecule has 0 saturated heterocycles. The van der Waals surface area contributed by atoms with Gasteiger partial charge in [-0.1, -0.05) is 84.9 Å². The lowest BCUT2D eigenvalue weighted by atomic mass is 9.84. The molecule has 1 heterocycles. The largest absolute Gasteiger partial charge is 0.494 e. The van der Waals surface area contributed by atoms with Crippen molar-refractivity contribution >= 4 is 17.9 Å². The summed E-state index contributed by atoms with van der Waals surface area (Å²) in [5.74, 6) is 0.269. The van der Waals surface area contributed by atoms with Gasteiger partial charge in [0, 0.05) is 31.6 Å². The Balaban J connectivity index is 1.47. The van der Waals surface area contributed by atoms with E-state index in [1.54, 1.807) is 12.1 Å². The Bertz CT molecular complexity index is 1540. The number of aliphatic hydroxyl groups is 1. The molecular weight excluding hydrogens is 545 g/mol. The summed E-state index contributed by atoms with van der Waals surface area (Å²) in [4.78, 5) is 19.1. The van der Waals surface area contributed by atoms with Gasteiger partial charge in [-0.3, -0.25) is 10.2 Å². The average molecular weight is 580 g/mol. The molecule has 3 N–H and O–H groups in total. The van der Waals surface area contributed by atoms with Gasteiger partial charge in [0.25, 0.3) is 5.91 Å². The average Bonchev–Trinajstić information content (AvgIpc) is 3.43. The Morgan fingerprint density at radius 1 is 0.977 bits per heavy atom. The Hall–Kier alpha value is -4.79. The molecule has 1 aliphatic rings. The Labute approximate surface area is 250 Å². The molecule has 0 bridgehead atoms. The first-order valence-corrected chi connectivity index (χ1v) is 14.2. The zero-order chi connectivity index (χ0) is 29.9. The molecule has 4 aromatic rings. The number of hydrogen-bond donors (Lipinski definition) is 3. The number of hydrazine groups is 1. The third kappa shape index (κ3) is 7.54. The third-order valence-corrected chi connectivity index (χ3v) is 7.05. The molecule has 220 valence electrons. The normalized spacial score (nSPS) is 17.8. The number of aliphatic hydroxyl groups excluding tert-OH is 1. The van der Waals surface area contributed by atoms with E-state index in [0.29, 0.717) is 35.8 Å². The van der Waals surface area contributed by atoms with Crippen LogP contribution in [0.4, 0.5) is 4.39 Å². The third-order valence-electron chi connectivity index (χ3n) is 7.05. The van der Waals surface area contributed by atoms with E-state index in [9.17, 15) is 9.18 Å². The summed E-state index contributed by atoms with van der Waals surface area (Å²) in [6.07, 6.45) is 3.97. The van der Waals surface area contributed by atoms with Gasteiger partial charge in [0.2, 0.25) is 5.90 Å². The van der Waals surface area contributed by atoms with Crippen molar-refractivity contribution in [1.29, 1.82) is 0 Å². The first-order valence-electron chi connectivity index (χ1n) is 14.2. The number of ether oxygens (including phenoxy) is 2. The predicted molar refractivity (Wildman–Crippen MR) is 165 cm³/mol. The number of aliphatic imine (C=N–C) groups is 1. The molecule has 0 radical (unpaired) electrons. The molecule has 1 aliphatic heterocycles. The van der Waals surface area contributed by atoms with Crippen LogP contribution in [0.15, 0.2) is 120 Å². The fraction of sp³-hybridized carbons (Fsp3) is 0.200. The first kappa shape index (κ1) is 29.7. The molecular formula is C35H34FN3O4. The summed E-state index contributed by atoms with van der Waals surface area (Å²) in [5, 5.41) is 9.02. The molecule has 5 rings (SSSR count). The maximum absolute atomic E-state index is 14.1. The van der Waals surface area contributed by atoms with Crippen LogP contribution in [0.1, 0.15) is 41.2 Å². The van der Waals surface area contributed by atoms with Crippen LogP contribution in [0.25, 0.3) is 6.08 Å². The number of rotatable bonds is 13. The molecule has 0 saturated carbocycles. The van der Waals surface area contributed by atoms with Crippen LogP contribution >= 0.6 is 0 Å². The van der Waals surface area contributed by atoms with Crippen molar-refractivity contribution in [3.05, 3.63) is 143 Å². The summed E-state index contributed by atoms with van der Waals surface area (Å²) < 4.78 is 25.9. The number of carbonyl (C=O) groups excluding carboxylic acids is 1. The van der Waals surface area contributed by atoms with Gasteiger partial charge in [-0.2, -0.15) is 0 Å². The van der Waals surface area contributed by atoms with E-state index in [0.717, 1.165) is 11.1 Å². The lowest BCUT2D eigenvalue weighted by molar-refractivity contribution is -0.129. The van der Waals surface area contributed by atoms with Gasteiger partial charge in [0.15, 0.2) is 11.6 Å². The molecule has 7 nitrogen and oxygen atoms in total. The van der Waals surface area contributed by atoms with Gasteiger partial charge >= 0.3 is 0 Å². The van der Waals surface area contributed by atoms with Crippen LogP contribution in [-0.4, -0.2) is 35.7 Å². The second-order valence-electron chi connectivity index (χ2n) is 10.2. The van der Waals surface area contributed by atoms with Gasteiger partial charge in [0.1, 0.15) is 11.6 Å². The zero-order valence-corrected chi connectivity index (χ0v) is 23.7. The molecule has 2 atom stereocenters. The number of hydrogen-bond acceptors (Lipinski definition) is 6. The maximum Gasteiger partial charge on any atom is 0.266 e. The summed E-state index contributed by atoms with van der Waals surface area (Å²) in [6.45, 7) is 0.692. The van der Waals surface area contributed by atoms with Crippen molar-refractivity contribution < 1.29 is 23.8 Å². The fourth-order valence-corrected chi connectivity index (χ4v) is 4.86. The van der Waals surface area contributed by atoms with Crippen LogP contribution in [0.3, 0.4) is 0 Å². The first-order chi connectivity index (χ1) is 21.1. The monoisotopic (exact) mass is 579 g/mol. The Morgan fingerprint density at radius 3 is 2.44 bits per heavy atom. The standard InChI is InChI=1S/C35H34FN3O4/c36-30-16-7-12-27(24-30)25-37-39-34(41)35(21-8-13-26-10-3-1-4-11-26)32(28-14-5-2-6-15-28)43-33(38-35)29-17-19-31(20-18-29)42-23-9-22-40/h1-8,10-20,24,32,37,40H,9,21-23,25H2,(H,39,41)/b13-8+/t32-,35-/m0/s1. The number of nitrogens with zero attached hydrogens (tertiary/aromatic N) is 1. The molecule has 0 aromatic heterocycles. The van der Waals surface area contributed by atoms with Crippen LogP contribution in [0.2, 0.25) is 0 Å². The fourth-order valence-electron chi connectivity index (χ4n) is 4.86. The van der Waals surface area contributed by atoms with E-state index in [2.05, 4.69) is 10.9 Å². The van der Waals surface area contributed by atoms with E-state index >= 15 is 0 Å². The molecule has 0 spiro atoms. The van der Waals surface area contributed by atoms with Crippen molar-refractivity contribution in [2.24, 2.45) is 4.99 Å². The summed E-state index contributed by atoms with van der Waals surface area (Å²) >= 11 is 0. The van der Waals surface area contributed by atoms with Crippen LogP contribution < -0.4 is 15.6 Å². The second kappa shape index (κ2) is 14.4. The van der Waals surface area contributed by atoms with E-state index in [1.165, 1.54) is 12.1 Å². The topological polar surface area (TPSA) is 92.2 Å². The molecule has 1 amide bonds. The molecule has 0 unspecified atom stereocenters. The minimum atomic E-state index is -1.35. The van der Waals surface area contributed by atoms with Crippen molar-refractivity contribution in [3.8, 4) is 5.75 Å². The molecule has 0 aliphatic carbocycles. The van der Waals surface area contributed by atoms with E-state index in [4.69, 9.17) is 19.6 Å². The lowest BCUT2D eigenvalue weighted by Gasteiger charge is -2.29. The summed E-state index contributed by atoms with van der Waals surface area (Å²) in [7, 11) is 0. The molecule has 43 heavy (non-hydrogen) atoms. The van der Waals surface area contributed by atoms with Crippen molar-refractivity contribution in [2.75, 3.05) is 13.2 Å². The number of halogens is 1. The SMILES string of the molecule is O=C(NNCc1cccc(F)c1)[C@@]1(C/C=C/c2ccccc2)N=C(c2ccc(OCCCO)cc2)O[C@H]1c1ccccc1. The van der Waals surface area contributed by atoms with Crippen LogP contribution in [0.5, 0.6) is 5.75 Å². The van der Waals surface area contributed by atoms with Gasteiger partial charge in [-0.15, -0.1) is 0 Å². The quantitative estimate of drug-likeness (QED) is 0.138. The highest BCUT2D eigenvalue weighted by Crippen LogP contribution is 2.42. The Kier molecular flexibility index (Phi) is 9.94. The summed E-state index contributed by atoms with van der Waals surface area (Å²) in [6, 6.07) is 32.9. The highest BCUT2D eigenvalue weighted by molar-refractivity contribution is 6.01. The predicted octanol–water partition coefficient (Wildman–Crippen LogP) is 5.77. The number of benzene rings is 4. The minimum Gasteiger partial charge on any atom is -0.494 e. The van der Waals surface area contributed by atoms with Crippen molar-refractivity contribution in [1.82, 2.24) is 10.9 Å². The van der Waals surface area contributed by atoms with Gasteiger partial charge in [-0.25, -0.2) is 14.8 Å². The van der Waals surface area contributed by atoms with E-state index in [-0.39, 0.29) is 31.3 Å². The number of amides is 1. The van der Waals surface area contributed by atoms with Crippen molar-refractivity contribution in [3.63, 3.8) is 0 Å². The highest BCUT2D eigenvalue weighted by atomic mass is 19.1. The minimum absolute atomic E-state index is 0.0591. The highest BCUT2D eigenvalue weighted by Gasteiger charge is 2.52. The van der Waals surface area contributed by atoms with Gasteiger partial charge < -0.3 is 14.6 Å².